The van der Waals surface area contributed by atoms with Crippen LogP contribution in [-0.4, -0.2) is 35.4 Å². The van der Waals surface area contributed by atoms with E-state index in [0.29, 0.717) is 12.4 Å². The Labute approximate surface area is 149 Å². The molecule has 5 heteroatoms. The van der Waals surface area contributed by atoms with Gasteiger partial charge in [0.25, 0.3) is 0 Å². The maximum Gasteiger partial charge on any atom is 0.237 e. The molecule has 1 aromatic carbocycles. The number of pyridine rings is 1. The first-order chi connectivity index (χ1) is 12.2. The topological polar surface area (TPSA) is 54.5 Å². The minimum Gasteiger partial charge on any atom is -0.439 e. The number of rotatable bonds is 5. The number of aromatic nitrogens is 1. The largest absolute Gasteiger partial charge is 0.439 e. The number of likely N-dealkylation sites (N-methyl/N-ethyl adjacent to an activating group) is 1. The van der Waals surface area contributed by atoms with Gasteiger partial charge in [-0.2, -0.15) is 0 Å². The lowest BCUT2D eigenvalue weighted by Gasteiger charge is -2.24. The Bertz CT molecular complexity index is 690. The highest BCUT2D eigenvalue weighted by Crippen LogP contribution is 2.22. The van der Waals surface area contributed by atoms with Gasteiger partial charge >= 0.3 is 0 Å². The van der Waals surface area contributed by atoms with Gasteiger partial charge in [0.1, 0.15) is 5.75 Å². The summed E-state index contributed by atoms with van der Waals surface area (Å²) in [5, 5.41) is 3.05. The lowest BCUT2D eigenvalue weighted by molar-refractivity contribution is -0.126. The molecule has 1 fully saturated rings. The third kappa shape index (κ3) is 4.79. The van der Waals surface area contributed by atoms with Gasteiger partial charge in [0.15, 0.2) is 0 Å². The minimum absolute atomic E-state index is 0.0438. The van der Waals surface area contributed by atoms with Crippen LogP contribution in [0, 0.1) is 0 Å². The highest BCUT2D eigenvalue weighted by atomic mass is 16.5. The van der Waals surface area contributed by atoms with Crippen LogP contribution in [0.2, 0.25) is 0 Å². The zero-order valence-electron chi connectivity index (χ0n) is 14.6. The van der Waals surface area contributed by atoms with E-state index in [4.69, 9.17) is 4.74 Å². The number of likely N-dealkylation sites (tertiary alicyclic amines) is 1. The van der Waals surface area contributed by atoms with E-state index in [2.05, 4.69) is 15.2 Å². The fraction of sp³-hybridized carbons (Fsp3) is 0.400. The van der Waals surface area contributed by atoms with Crippen LogP contribution >= 0.6 is 0 Å². The molecule has 0 spiro atoms. The van der Waals surface area contributed by atoms with Gasteiger partial charge < -0.3 is 10.1 Å². The fourth-order valence-corrected chi connectivity index (χ4v) is 3.13. The highest BCUT2D eigenvalue weighted by molar-refractivity contribution is 5.81. The Balaban J connectivity index is 1.64. The number of carbonyl (C=O) groups excluding carboxylic acids is 1. The normalized spacial score (nSPS) is 18.4. The lowest BCUT2D eigenvalue weighted by atomic mass is 10.1. The molecule has 1 aliphatic heterocycles. The van der Waals surface area contributed by atoms with E-state index in [1.165, 1.54) is 6.42 Å². The van der Waals surface area contributed by atoms with Crippen LogP contribution in [-0.2, 0) is 11.3 Å². The molecule has 132 valence electrons. The van der Waals surface area contributed by atoms with Crippen LogP contribution in [0.4, 0.5) is 0 Å². The maximum absolute atomic E-state index is 12.6. The third-order valence-electron chi connectivity index (χ3n) is 4.58. The third-order valence-corrected chi connectivity index (χ3v) is 4.58. The van der Waals surface area contributed by atoms with Crippen molar-refractivity contribution >= 4 is 5.91 Å². The van der Waals surface area contributed by atoms with E-state index in [1.54, 1.807) is 6.20 Å². The van der Waals surface area contributed by atoms with Crippen molar-refractivity contribution in [3.05, 3.63) is 54.2 Å². The van der Waals surface area contributed by atoms with Gasteiger partial charge in [0.05, 0.1) is 6.04 Å². The zero-order valence-corrected chi connectivity index (χ0v) is 14.6. The van der Waals surface area contributed by atoms with Crippen LogP contribution in [0.1, 0.15) is 31.2 Å². The molecule has 0 bridgehead atoms. The van der Waals surface area contributed by atoms with Gasteiger partial charge in [-0.1, -0.05) is 37.1 Å². The van der Waals surface area contributed by atoms with Crippen molar-refractivity contribution in [1.29, 1.82) is 0 Å². The molecule has 1 amide bonds. The number of carbonyl (C=O) groups is 1. The molecule has 2 aromatic rings. The number of hydrogen-bond acceptors (Lipinski definition) is 4. The van der Waals surface area contributed by atoms with Crippen LogP contribution in [0.25, 0.3) is 0 Å². The van der Waals surface area contributed by atoms with Crippen LogP contribution < -0.4 is 10.1 Å². The monoisotopic (exact) mass is 339 g/mol. The molecule has 0 radical (unpaired) electrons. The summed E-state index contributed by atoms with van der Waals surface area (Å²) < 4.78 is 5.86. The number of nitrogens with zero attached hydrogens (tertiary/aromatic N) is 2. The van der Waals surface area contributed by atoms with Crippen molar-refractivity contribution in [2.75, 3.05) is 13.6 Å². The maximum atomic E-state index is 12.6. The minimum atomic E-state index is -0.0438. The summed E-state index contributed by atoms with van der Waals surface area (Å²) in [6.07, 6.45) is 6.09. The molecule has 0 aliphatic carbocycles. The summed E-state index contributed by atoms with van der Waals surface area (Å²) >= 11 is 0. The first-order valence-corrected chi connectivity index (χ1v) is 8.89. The summed E-state index contributed by atoms with van der Waals surface area (Å²) in [4.78, 5) is 19.1. The number of benzene rings is 1. The number of para-hydroxylation sites is 1. The molecule has 0 saturated carbocycles. The Morgan fingerprint density at radius 1 is 1.20 bits per heavy atom. The molecule has 1 N–H and O–H groups in total. The van der Waals surface area contributed by atoms with E-state index < -0.39 is 0 Å². The van der Waals surface area contributed by atoms with Gasteiger partial charge in [0.2, 0.25) is 11.8 Å². The standard InChI is InChI=1S/C20H25N3O2/c1-23-14-7-3-6-12-18(23)19(24)22-15-16-9-8-13-21-20(16)25-17-10-4-2-5-11-17/h2,4-5,8-11,13,18H,3,6-7,12,14-15H2,1H3,(H,22,24)/t18-/m0/s1. The van der Waals surface area contributed by atoms with E-state index in [0.717, 1.165) is 37.1 Å². The molecule has 1 saturated heterocycles. The average molecular weight is 339 g/mol. The number of ether oxygens (including phenoxy) is 1. The molecular weight excluding hydrogens is 314 g/mol. The summed E-state index contributed by atoms with van der Waals surface area (Å²) in [6.45, 7) is 1.40. The van der Waals surface area contributed by atoms with Crippen molar-refractivity contribution in [1.82, 2.24) is 15.2 Å². The second-order valence-electron chi connectivity index (χ2n) is 6.45. The molecule has 25 heavy (non-hydrogen) atoms. The first-order valence-electron chi connectivity index (χ1n) is 8.89. The molecule has 5 nitrogen and oxygen atoms in total. The molecular formula is C20H25N3O2. The summed E-state index contributed by atoms with van der Waals surface area (Å²) in [5.41, 5.74) is 0.871. The van der Waals surface area contributed by atoms with E-state index in [-0.39, 0.29) is 11.9 Å². The van der Waals surface area contributed by atoms with Gasteiger partial charge in [0, 0.05) is 18.3 Å². The molecule has 1 aliphatic rings. The van der Waals surface area contributed by atoms with Gasteiger partial charge in [-0.3, -0.25) is 9.69 Å². The Morgan fingerprint density at radius 3 is 2.88 bits per heavy atom. The Kier molecular flexibility index (Phi) is 6.01. The van der Waals surface area contributed by atoms with Gasteiger partial charge in [-0.05, 0) is 44.6 Å². The number of nitrogens with one attached hydrogen (secondary N) is 1. The molecule has 3 rings (SSSR count). The van der Waals surface area contributed by atoms with Crippen LogP contribution in [0.5, 0.6) is 11.6 Å². The predicted molar refractivity (Wildman–Crippen MR) is 97.5 cm³/mol. The van der Waals surface area contributed by atoms with E-state index in [1.807, 2.05) is 49.5 Å². The zero-order chi connectivity index (χ0) is 17.5. The van der Waals surface area contributed by atoms with Crippen molar-refractivity contribution in [2.45, 2.75) is 38.3 Å². The summed E-state index contributed by atoms with van der Waals surface area (Å²) in [6, 6.07) is 13.3. The molecule has 1 aromatic heterocycles. The molecule has 1 atom stereocenters. The smallest absolute Gasteiger partial charge is 0.237 e. The number of amides is 1. The summed E-state index contributed by atoms with van der Waals surface area (Å²) in [7, 11) is 2.03. The predicted octanol–water partition coefficient (Wildman–Crippen LogP) is 3.36. The average Bonchev–Trinajstić information content (AvgIpc) is 2.86. The van der Waals surface area contributed by atoms with Crippen molar-refractivity contribution in [3.8, 4) is 11.6 Å². The van der Waals surface area contributed by atoms with Crippen LogP contribution in [0.15, 0.2) is 48.7 Å². The van der Waals surface area contributed by atoms with Crippen LogP contribution in [0.3, 0.4) is 0 Å². The number of hydrogen-bond donors (Lipinski definition) is 1. The van der Waals surface area contributed by atoms with Gasteiger partial charge in [-0.25, -0.2) is 4.98 Å². The van der Waals surface area contributed by atoms with E-state index >= 15 is 0 Å². The Hall–Kier alpha value is -2.40. The van der Waals surface area contributed by atoms with Crippen molar-refractivity contribution in [3.63, 3.8) is 0 Å². The first kappa shape index (κ1) is 17.4. The fourth-order valence-electron chi connectivity index (χ4n) is 3.13. The van der Waals surface area contributed by atoms with Gasteiger partial charge in [-0.15, -0.1) is 0 Å². The molecule has 2 heterocycles. The SMILES string of the molecule is CN1CCCCC[C@H]1C(=O)NCc1cccnc1Oc1ccccc1. The Morgan fingerprint density at radius 2 is 2.04 bits per heavy atom. The highest BCUT2D eigenvalue weighted by Gasteiger charge is 2.24. The van der Waals surface area contributed by atoms with E-state index in [9.17, 15) is 4.79 Å². The summed E-state index contributed by atoms with van der Waals surface area (Å²) in [5.74, 6) is 1.35. The van der Waals surface area contributed by atoms with Crippen molar-refractivity contribution in [2.24, 2.45) is 0 Å². The second kappa shape index (κ2) is 8.62. The quantitative estimate of drug-likeness (QED) is 0.907. The second-order valence-corrected chi connectivity index (χ2v) is 6.45. The molecule has 0 unspecified atom stereocenters. The van der Waals surface area contributed by atoms with Crippen molar-refractivity contribution < 1.29 is 9.53 Å². The lowest BCUT2D eigenvalue weighted by Crippen LogP contribution is -2.44.